The summed E-state index contributed by atoms with van der Waals surface area (Å²) in [4.78, 5) is 4.98. The Bertz CT molecular complexity index is 4390. The number of fused-ring (bicyclic) bond motifs is 7. The minimum Gasteiger partial charge on any atom is -0.456 e. The molecule has 0 radical (unpaired) electrons. The highest BCUT2D eigenvalue weighted by Gasteiger charge is 2.57. The molecule has 0 bridgehead atoms. The molecule has 11 aromatic carbocycles. The highest BCUT2D eigenvalue weighted by atomic mass is 16.3. The lowest BCUT2D eigenvalue weighted by Gasteiger charge is -2.44. The van der Waals surface area contributed by atoms with Crippen molar-refractivity contribution in [2.24, 2.45) is 5.41 Å². The Balaban J connectivity index is 0.983. The molecule has 12 aromatic rings. The Labute approximate surface area is 477 Å². The third kappa shape index (κ3) is 7.92. The summed E-state index contributed by atoms with van der Waals surface area (Å²) in [5.41, 5.74) is 25.3. The fraction of sp³-hybridized carbons (Fsp3) is 0.154. The van der Waals surface area contributed by atoms with Crippen molar-refractivity contribution in [3.05, 3.63) is 277 Å². The number of benzene rings is 11. The van der Waals surface area contributed by atoms with Crippen LogP contribution in [-0.2, 0) is 16.2 Å². The first-order valence-electron chi connectivity index (χ1n) is 28.6. The van der Waals surface area contributed by atoms with Gasteiger partial charge in [0.25, 0.3) is 0 Å². The predicted octanol–water partition coefficient (Wildman–Crippen LogP) is 22.1. The van der Waals surface area contributed by atoms with E-state index in [4.69, 9.17) is 4.42 Å². The summed E-state index contributed by atoms with van der Waals surface area (Å²) in [5, 5.41) is 2.26. The van der Waals surface area contributed by atoms with Gasteiger partial charge in [-0.3, -0.25) is 0 Å². The second-order valence-corrected chi connectivity index (χ2v) is 24.6. The van der Waals surface area contributed by atoms with Gasteiger partial charge in [-0.15, -0.1) is 0 Å². The predicted molar refractivity (Wildman–Crippen MR) is 342 cm³/mol. The number of hydrogen-bond donors (Lipinski definition) is 0. The van der Waals surface area contributed by atoms with Crippen LogP contribution in [0.25, 0.3) is 77.6 Å². The zero-order valence-corrected chi connectivity index (χ0v) is 47.6. The second-order valence-electron chi connectivity index (χ2n) is 24.6. The molecule has 0 amide bonds. The molecule has 0 fully saturated rings. The first-order valence-corrected chi connectivity index (χ1v) is 28.6. The van der Waals surface area contributed by atoms with Gasteiger partial charge in [0.15, 0.2) is 0 Å². The van der Waals surface area contributed by atoms with Crippen molar-refractivity contribution in [2.45, 2.75) is 71.6 Å². The monoisotopic (exact) mass is 1050 g/mol. The maximum Gasteiger partial charge on any atom is 0.136 e. The zero-order valence-electron chi connectivity index (χ0n) is 47.6. The summed E-state index contributed by atoms with van der Waals surface area (Å²) in [7, 11) is 0. The van der Waals surface area contributed by atoms with Gasteiger partial charge in [-0.2, -0.15) is 0 Å². The Morgan fingerprint density at radius 1 is 0.284 bits per heavy atom. The van der Waals surface area contributed by atoms with E-state index in [1.54, 1.807) is 0 Å². The van der Waals surface area contributed by atoms with Gasteiger partial charge in [0.05, 0.1) is 5.69 Å². The van der Waals surface area contributed by atoms with E-state index in [0.717, 1.165) is 72.8 Å². The van der Waals surface area contributed by atoms with E-state index in [0.29, 0.717) is 0 Å². The summed E-state index contributed by atoms with van der Waals surface area (Å²) in [6.07, 6.45) is 0. The minimum absolute atomic E-state index is 0.0657. The molecule has 3 nitrogen and oxygen atoms in total. The van der Waals surface area contributed by atoms with Crippen LogP contribution in [0.1, 0.15) is 77.6 Å². The van der Waals surface area contributed by atoms with Crippen LogP contribution in [0.4, 0.5) is 34.1 Å². The van der Waals surface area contributed by atoms with Crippen LogP contribution in [0.15, 0.2) is 259 Å². The van der Waals surface area contributed by atoms with Crippen molar-refractivity contribution in [3.8, 4) is 55.6 Å². The highest BCUT2D eigenvalue weighted by Crippen LogP contribution is 2.63. The average Bonchev–Trinajstić information content (AvgIpc) is 4.24. The molecule has 81 heavy (non-hydrogen) atoms. The van der Waals surface area contributed by atoms with Crippen LogP contribution >= 0.6 is 0 Å². The van der Waals surface area contributed by atoms with Crippen molar-refractivity contribution < 1.29 is 4.42 Å². The van der Waals surface area contributed by atoms with Gasteiger partial charge >= 0.3 is 0 Å². The quantitative estimate of drug-likeness (QED) is 0.136. The molecule has 0 aliphatic heterocycles. The molecule has 2 aliphatic rings. The van der Waals surface area contributed by atoms with Gasteiger partial charge in [-0.05, 0) is 173 Å². The Morgan fingerprint density at radius 3 is 1.46 bits per heavy atom. The molecule has 1 heterocycles. The average molecular weight is 1050 g/mol. The van der Waals surface area contributed by atoms with Gasteiger partial charge in [0.1, 0.15) is 11.2 Å². The first-order chi connectivity index (χ1) is 39.2. The van der Waals surface area contributed by atoms with E-state index in [9.17, 15) is 0 Å². The van der Waals surface area contributed by atoms with Gasteiger partial charge < -0.3 is 14.2 Å². The lowest BCUT2D eigenvalue weighted by Crippen LogP contribution is -2.42. The number of para-hydroxylation sites is 1. The molecule has 394 valence electrons. The fourth-order valence-corrected chi connectivity index (χ4v) is 13.7. The third-order valence-electron chi connectivity index (χ3n) is 19.4. The maximum absolute atomic E-state index is 6.39. The van der Waals surface area contributed by atoms with Gasteiger partial charge in [-0.1, -0.05) is 225 Å². The Morgan fingerprint density at radius 2 is 0.765 bits per heavy atom. The van der Waals surface area contributed by atoms with E-state index in [-0.39, 0.29) is 21.7 Å². The van der Waals surface area contributed by atoms with Crippen molar-refractivity contribution in [3.63, 3.8) is 0 Å². The largest absolute Gasteiger partial charge is 0.456 e. The molecule has 0 spiro atoms. The summed E-state index contributed by atoms with van der Waals surface area (Å²) < 4.78 is 6.39. The van der Waals surface area contributed by atoms with Gasteiger partial charge in [-0.25, -0.2) is 0 Å². The van der Waals surface area contributed by atoms with E-state index in [1.165, 1.54) is 61.2 Å². The fourth-order valence-electron chi connectivity index (χ4n) is 13.7. The molecular weight excluding hydrogens is 981 g/mol. The van der Waals surface area contributed by atoms with Crippen molar-refractivity contribution in [1.29, 1.82) is 0 Å². The molecule has 0 atom stereocenters. The van der Waals surface area contributed by atoms with Crippen LogP contribution in [0.3, 0.4) is 0 Å². The second kappa shape index (κ2) is 18.7. The standard InChI is InChI=1S/C78H66N2O/c1-75(2)67-33-17-15-30-63(67)64-45-44-61(48-68(64)75)79(59-28-19-26-55(46-59)52-24-13-10-14-25-52)60-29-20-27-56(47-60)66-49-69-70(77(5,6)78(7,8)76(69,3)4)50-71(66)80(57-40-36-53(37-41-57)51-22-11-9-12-23-51)58-42-38-54(39-43-58)62-32-21-35-73-74(62)65-31-16-18-34-72(65)81-73/h9-50H,1-8H3. The summed E-state index contributed by atoms with van der Waals surface area (Å²) in [5.74, 6) is 0. The van der Waals surface area contributed by atoms with Gasteiger partial charge in [0.2, 0.25) is 0 Å². The van der Waals surface area contributed by atoms with Crippen molar-refractivity contribution in [2.75, 3.05) is 9.80 Å². The van der Waals surface area contributed by atoms with E-state index >= 15 is 0 Å². The lowest BCUT2D eigenvalue weighted by molar-refractivity contribution is 0.125. The number of anilines is 6. The summed E-state index contributed by atoms with van der Waals surface area (Å²) >= 11 is 0. The minimum atomic E-state index is -0.170. The SMILES string of the molecule is CC1(C)c2ccccc2-c2ccc(N(c3cccc(-c4ccccc4)c3)c3cccc(-c4cc5c(cc4N(c4ccc(-c6ccccc6)cc4)c4ccc(-c6cccc7oc8ccccc8c67)cc4)C(C)(C)C(C)(C)C5(C)C)c3)cc21. The van der Waals surface area contributed by atoms with Crippen LogP contribution in [0.2, 0.25) is 0 Å². The van der Waals surface area contributed by atoms with Crippen LogP contribution in [-0.4, -0.2) is 0 Å². The third-order valence-corrected chi connectivity index (χ3v) is 19.4. The molecule has 2 aliphatic carbocycles. The van der Waals surface area contributed by atoms with Crippen LogP contribution < -0.4 is 9.80 Å². The summed E-state index contributed by atoms with van der Waals surface area (Å²) in [6, 6.07) is 94.1. The van der Waals surface area contributed by atoms with Crippen molar-refractivity contribution >= 4 is 56.1 Å². The lowest BCUT2D eigenvalue weighted by atomic mass is 9.59. The van der Waals surface area contributed by atoms with E-state index < -0.39 is 0 Å². The van der Waals surface area contributed by atoms with E-state index in [1.807, 2.05) is 6.07 Å². The van der Waals surface area contributed by atoms with Crippen molar-refractivity contribution in [1.82, 2.24) is 0 Å². The van der Waals surface area contributed by atoms with E-state index in [2.05, 4.69) is 314 Å². The first kappa shape index (κ1) is 50.1. The molecule has 1 aromatic heterocycles. The molecule has 14 rings (SSSR count). The number of furan rings is 1. The van der Waals surface area contributed by atoms with Gasteiger partial charge in [0, 0.05) is 50.2 Å². The van der Waals surface area contributed by atoms with Crippen LogP contribution in [0.5, 0.6) is 0 Å². The Hall–Kier alpha value is -9.18. The topological polar surface area (TPSA) is 19.6 Å². The molecule has 0 saturated carbocycles. The molecule has 0 unspecified atom stereocenters. The number of rotatable bonds is 10. The Kier molecular flexibility index (Phi) is 11.6. The molecular formula is C78H66N2O. The number of hydrogen-bond acceptors (Lipinski definition) is 3. The molecule has 3 heteroatoms. The summed E-state index contributed by atoms with van der Waals surface area (Å²) in [6.45, 7) is 19.5. The smallest absolute Gasteiger partial charge is 0.136 e. The van der Waals surface area contributed by atoms with Crippen LogP contribution in [0, 0.1) is 5.41 Å². The molecule has 0 saturated heterocycles. The number of nitrogens with zero attached hydrogens (tertiary/aromatic N) is 2. The maximum atomic E-state index is 6.39. The zero-order chi connectivity index (χ0) is 55.4. The highest BCUT2D eigenvalue weighted by molar-refractivity contribution is 6.12. The normalized spacial score (nSPS) is 15.1. The molecule has 0 N–H and O–H groups in total.